The number of carbonyl (C=O) groups excluding carboxylic acids is 1. The lowest BCUT2D eigenvalue weighted by atomic mass is 10.1. The predicted molar refractivity (Wildman–Crippen MR) is 46.9 cm³/mol. The minimum atomic E-state index is -3.06. The second-order valence-electron chi connectivity index (χ2n) is 3.33. The van der Waals surface area contributed by atoms with Gasteiger partial charge in [0, 0.05) is 25.8 Å². The van der Waals surface area contributed by atoms with E-state index in [2.05, 4.69) is 0 Å². The largest absolute Gasteiger partial charge is 0.389 e. The fraction of sp³-hybridized carbons (Fsp3) is 0.857. The molecule has 5 nitrogen and oxygen atoms in total. The molecule has 1 aliphatic heterocycles. The third-order valence-corrected chi connectivity index (χ3v) is 2.85. The van der Waals surface area contributed by atoms with Crippen LogP contribution in [0.4, 0.5) is 0 Å². The van der Waals surface area contributed by atoms with Crippen LogP contribution in [-0.4, -0.2) is 55.5 Å². The summed E-state index contributed by atoms with van der Waals surface area (Å²) in [5.41, 5.74) is 0. The van der Waals surface area contributed by atoms with Crippen LogP contribution < -0.4 is 0 Å². The van der Waals surface area contributed by atoms with Crippen molar-refractivity contribution >= 4 is 15.7 Å². The van der Waals surface area contributed by atoms with Gasteiger partial charge in [0.2, 0.25) is 5.91 Å². The normalized spacial score (nSPS) is 18.5. The SMILES string of the molecule is CS(=O)(=O)CCC(=O)N1CC(O)C1. The molecule has 0 aromatic rings. The van der Waals surface area contributed by atoms with Crippen molar-refractivity contribution in [2.75, 3.05) is 25.1 Å². The zero-order valence-electron chi connectivity index (χ0n) is 7.43. The van der Waals surface area contributed by atoms with E-state index >= 15 is 0 Å². The number of hydrogen-bond donors (Lipinski definition) is 1. The maximum atomic E-state index is 11.2. The molecule has 1 aliphatic rings. The first-order chi connectivity index (χ1) is 5.88. The van der Waals surface area contributed by atoms with E-state index in [9.17, 15) is 13.2 Å². The summed E-state index contributed by atoms with van der Waals surface area (Å²) >= 11 is 0. The number of hydrogen-bond acceptors (Lipinski definition) is 4. The highest BCUT2D eigenvalue weighted by Gasteiger charge is 2.28. The molecule has 0 unspecified atom stereocenters. The number of carbonyl (C=O) groups is 1. The molecule has 13 heavy (non-hydrogen) atoms. The molecule has 6 heteroatoms. The van der Waals surface area contributed by atoms with Crippen molar-refractivity contribution < 1.29 is 18.3 Å². The lowest BCUT2D eigenvalue weighted by molar-refractivity contribution is -0.140. The fourth-order valence-corrected chi connectivity index (χ4v) is 1.64. The van der Waals surface area contributed by atoms with Crippen molar-refractivity contribution in [2.24, 2.45) is 0 Å². The average Bonchev–Trinajstić information content (AvgIpc) is 1.93. The van der Waals surface area contributed by atoms with Crippen molar-refractivity contribution in [1.29, 1.82) is 0 Å². The highest BCUT2D eigenvalue weighted by molar-refractivity contribution is 7.90. The zero-order valence-corrected chi connectivity index (χ0v) is 8.25. The Bertz CT molecular complexity index is 292. The molecule has 1 amide bonds. The fourth-order valence-electron chi connectivity index (χ4n) is 1.09. The van der Waals surface area contributed by atoms with E-state index in [1.807, 2.05) is 0 Å². The molecule has 0 spiro atoms. The Morgan fingerprint density at radius 3 is 2.46 bits per heavy atom. The van der Waals surface area contributed by atoms with Crippen LogP contribution in [0, 0.1) is 0 Å². The molecular formula is C7H13NO4S. The number of amides is 1. The predicted octanol–water partition coefficient (Wildman–Crippen LogP) is -1.38. The number of aliphatic hydroxyl groups is 1. The molecule has 0 atom stereocenters. The van der Waals surface area contributed by atoms with E-state index in [0.717, 1.165) is 6.26 Å². The second-order valence-corrected chi connectivity index (χ2v) is 5.59. The van der Waals surface area contributed by atoms with Crippen molar-refractivity contribution in [1.82, 2.24) is 4.90 Å². The van der Waals surface area contributed by atoms with Gasteiger partial charge >= 0.3 is 0 Å². The van der Waals surface area contributed by atoms with Crippen LogP contribution in [-0.2, 0) is 14.6 Å². The first kappa shape index (κ1) is 10.5. The number of nitrogens with zero attached hydrogens (tertiary/aromatic N) is 1. The van der Waals surface area contributed by atoms with Crippen LogP contribution in [0.3, 0.4) is 0 Å². The summed E-state index contributed by atoms with van der Waals surface area (Å²) in [5, 5.41) is 8.88. The number of rotatable bonds is 3. The first-order valence-electron chi connectivity index (χ1n) is 4.02. The maximum absolute atomic E-state index is 11.2. The van der Waals surface area contributed by atoms with Gasteiger partial charge in [-0.2, -0.15) is 0 Å². The number of likely N-dealkylation sites (tertiary alicyclic amines) is 1. The average molecular weight is 207 g/mol. The minimum absolute atomic E-state index is 0.0194. The highest BCUT2D eigenvalue weighted by Crippen LogP contribution is 2.09. The van der Waals surface area contributed by atoms with E-state index in [1.54, 1.807) is 0 Å². The molecule has 1 fully saturated rings. The standard InChI is InChI=1S/C7H13NO4S/c1-13(11,12)3-2-7(10)8-4-6(9)5-8/h6,9H,2-5H2,1H3. The summed E-state index contributed by atoms with van der Waals surface area (Å²) in [7, 11) is -3.06. The van der Waals surface area contributed by atoms with Gasteiger partial charge in [-0.3, -0.25) is 4.79 Å². The lowest BCUT2D eigenvalue weighted by Crippen LogP contribution is -2.53. The molecule has 76 valence electrons. The molecule has 1 saturated heterocycles. The van der Waals surface area contributed by atoms with Crippen molar-refractivity contribution in [3.8, 4) is 0 Å². The Balaban J connectivity index is 2.27. The minimum Gasteiger partial charge on any atom is -0.389 e. The summed E-state index contributed by atoms with van der Waals surface area (Å²) in [4.78, 5) is 12.6. The molecular weight excluding hydrogens is 194 g/mol. The molecule has 0 aliphatic carbocycles. The molecule has 1 N–H and O–H groups in total. The number of β-amino-alcohol motifs (C(OH)–C–C–N with tert-alkyl or cyclic N) is 1. The van der Waals surface area contributed by atoms with Crippen LogP contribution in [0.5, 0.6) is 0 Å². The summed E-state index contributed by atoms with van der Waals surface area (Å²) in [5.74, 6) is -0.311. The Morgan fingerprint density at radius 1 is 1.54 bits per heavy atom. The summed E-state index contributed by atoms with van der Waals surface area (Å²) in [6.07, 6.45) is 0.693. The van der Waals surface area contributed by atoms with Crippen LogP contribution in [0.1, 0.15) is 6.42 Å². The summed E-state index contributed by atoms with van der Waals surface area (Å²) in [6, 6.07) is 0. The van der Waals surface area contributed by atoms with Crippen LogP contribution in [0.15, 0.2) is 0 Å². The van der Waals surface area contributed by atoms with E-state index in [1.165, 1.54) is 4.90 Å². The van der Waals surface area contributed by atoms with Gasteiger partial charge < -0.3 is 10.0 Å². The third-order valence-electron chi connectivity index (χ3n) is 1.90. The summed E-state index contributed by atoms with van der Waals surface area (Å²) < 4.78 is 21.4. The van der Waals surface area contributed by atoms with Gasteiger partial charge in [-0.25, -0.2) is 8.42 Å². The topological polar surface area (TPSA) is 74.7 Å². The van der Waals surface area contributed by atoms with Crippen molar-refractivity contribution in [3.05, 3.63) is 0 Å². The van der Waals surface area contributed by atoms with Crippen LogP contribution in [0.25, 0.3) is 0 Å². The molecule has 0 bridgehead atoms. The summed E-state index contributed by atoms with van der Waals surface area (Å²) in [6.45, 7) is 0.672. The van der Waals surface area contributed by atoms with Gasteiger partial charge in [0.25, 0.3) is 0 Å². The second kappa shape index (κ2) is 3.63. The smallest absolute Gasteiger partial charge is 0.223 e. The van der Waals surface area contributed by atoms with Gasteiger partial charge in [0.15, 0.2) is 0 Å². The van der Waals surface area contributed by atoms with Gasteiger partial charge in [0.1, 0.15) is 9.84 Å². The first-order valence-corrected chi connectivity index (χ1v) is 6.08. The highest BCUT2D eigenvalue weighted by atomic mass is 32.2. The molecule has 0 aromatic carbocycles. The lowest BCUT2D eigenvalue weighted by Gasteiger charge is -2.35. The molecule has 1 heterocycles. The molecule has 1 rings (SSSR count). The Hall–Kier alpha value is -0.620. The van der Waals surface area contributed by atoms with Crippen molar-refractivity contribution in [3.63, 3.8) is 0 Å². The third kappa shape index (κ3) is 3.31. The van der Waals surface area contributed by atoms with E-state index < -0.39 is 15.9 Å². The molecule has 0 aromatic heterocycles. The van der Waals surface area contributed by atoms with E-state index in [4.69, 9.17) is 5.11 Å². The van der Waals surface area contributed by atoms with E-state index in [0.29, 0.717) is 13.1 Å². The van der Waals surface area contributed by atoms with E-state index in [-0.39, 0.29) is 18.1 Å². The monoisotopic (exact) mass is 207 g/mol. The Morgan fingerprint density at radius 2 is 2.08 bits per heavy atom. The van der Waals surface area contributed by atoms with Gasteiger partial charge in [-0.05, 0) is 0 Å². The van der Waals surface area contributed by atoms with Gasteiger partial charge in [-0.15, -0.1) is 0 Å². The van der Waals surface area contributed by atoms with Crippen molar-refractivity contribution in [2.45, 2.75) is 12.5 Å². The Kier molecular flexibility index (Phi) is 2.92. The molecule has 0 saturated carbocycles. The maximum Gasteiger partial charge on any atom is 0.223 e. The van der Waals surface area contributed by atoms with Gasteiger partial charge in [0.05, 0.1) is 11.9 Å². The van der Waals surface area contributed by atoms with Crippen LogP contribution in [0.2, 0.25) is 0 Å². The van der Waals surface area contributed by atoms with Crippen LogP contribution >= 0.6 is 0 Å². The zero-order chi connectivity index (χ0) is 10.1. The van der Waals surface area contributed by atoms with Gasteiger partial charge in [-0.1, -0.05) is 0 Å². The Labute approximate surface area is 77.3 Å². The number of aliphatic hydroxyl groups excluding tert-OH is 1. The quantitative estimate of drug-likeness (QED) is 0.619. The molecule has 0 radical (unpaired) electrons. The number of sulfone groups is 1.